The molecule has 0 aliphatic heterocycles. The third-order valence-electron chi connectivity index (χ3n) is 5.43. The van der Waals surface area contributed by atoms with Crippen LogP contribution in [0, 0.1) is 6.92 Å². The van der Waals surface area contributed by atoms with Gasteiger partial charge in [0.25, 0.3) is 0 Å². The Morgan fingerprint density at radius 1 is 1.11 bits per heavy atom. The molecule has 0 saturated heterocycles. The summed E-state index contributed by atoms with van der Waals surface area (Å²) in [5.41, 5.74) is -0.0931. The van der Waals surface area contributed by atoms with Crippen molar-refractivity contribution in [3.63, 3.8) is 0 Å². The van der Waals surface area contributed by atoms with Crippen molar-refractivity contribution in [2.75, 3.05) is 19.4 Å². The SMILES string of the molecule is CCC(C)(C)N(C(=O)C(CS)NC(=O)OC(C)(C)C)C(C(=O)NCC(=O)OC)c1cccc(C)c1. The van der Waals surface area contributed by atoms with Crippen molar-refractivity contribution < 1.29 is 28.7 Å². The van der Waals surface area contributed by atoms with Crippen LogP contribution in [-0.2, 0) is 23.9 Å². The van der Waals surface area contributed by atoms with E-state index in [-0.39, 0.29) is 12.3 Å². The summed E-state index contributed by atoms with van der Waals surface area (Å²) in [6.07, 6.45) is -0.252. The number of amides is 3. The molecule has 35 heavy (non-hydrogen) atoms. The molecule has 2 N–H and O–H groups in total. The van der Waals surface area contributed by atoms with E-state index in [9.17, 15) is 19.2 Å². The van der Waals surface area contributed by atoms with Gasteiger partial charge in [-0.2, -0.15) is 12.6 Å². The van der Waals surface area contributed by atoms with Crippen LogP contribution in [0.1, 0.15) is 65.1 Å². The van der Waals surface area contributed by atoms with Crippen molar-refractivity contribution in [1.29, 1.82) is 0 Å². The first-order valence-corrected chi connectivity index (χ1v) is 12.1. The number of hydrogen-bond donors (Lipinski definition) is 3. The van der Waals surface area contributed by atoms with Crippen LogP contribution in [0.15, 0.2) is 24.3 Å². The number of nitrogens with one attached hydrogen (secondary N) is 2. The second kappa shape index (κ2) is 12.8. The predicted molar refractivity (Wildman–Crippen MR) is 137 cm³/mol. The number of thiol groups is 1. The van der Waals surface area contributed by atoms with Crippen LogP contribution in [0.3, 0.4) is 0 Å². The second-order valence-electron chi connectivity index (χ2n) is 9.87. The highest BCUT2D eigenvalue weighted by Crippen LogP contribution is 2.32. The third kappa shape index (κ3) is 9.08. The van der Waals surface area contributed by atoms with E-state index in [2.05, 4.69) is 28.0 Å². The topological polar surface area (TPSA) is 114 Å². The number of carbonyl (C=O) groups is 4. The summed E-state index contributed by atoms with van der Waals surface area (Å²) in [5, 5.41) is 5.15. The first kappa shape index (κ1) is 30.3. The summed E-state index contributed by atoms with van der Waals surface area (Å²) in [5.74, 6) is -1.68. The molecule has 0 aromatic heterocycles. The van der Waals surface area contributed by atoms with Crippen molar-refractivity contribution in [2.45, 2.75) is 78.1 Å². The van der Waals surface area contributed by atoms with E-state index in [0.29, 0.717) is 12.0 Å². The van der Waals surface area contributed by atoms with E-state index in [1.165, 1.54) is 12.0 Å². The first-order chi connectivity index (χ1) is 16.2. The van der Waals surface area contributed by atoms with Gasteiger partial charge in [-0.15, -0.1) is 0 Å². The maximum Gasteiger partial charge on any atom is 0.408 e. The first-order valence-electron chi connectivity index (χ1n) is 11.5. The quantitative estimate of drug-likeness (QED) is 0.330. The summed E-state index contributed by atoms with van der Waals surface area (Å²) >= 11 is 4.29. The standard InChI is InChI=1S/C25H39N3O6S/c1-9-25(6,7)28(22(31)18(15-35)27-23(32)34-24(3,4)5)20(17-12-10-11-16(2)13-17)21(30)26-14-19(29)33-8/h10-13,18,20,35H,9,14-15H2,1-8H3,(H,26,30)(H,27,32). The normalized spacial score (nSPS) is 13.3. The van der Waals surface area contributed by atoms with Crippen LogP contribution in [0.5, 0.6) is 0 Å². The molecular weight excluding hydrogens is 470 g/mol. The minimum Gasteiger partial charge on any atom is -0.468 e. The number of benzene rings is 1. The lowest BCUT2D eigenvalue weighted by molar-refractivity contribution is -0.149. The van der Waals surface area contributed by atoms with E-state index in [4.69, 9.17) is 4.74 Å². The molecule has 1 rings (SSSR count). The van der Waals surface area contributed by atoms with Gasteiger partial charge in [0, 0.05) is 11.3 Å². The number of carbonyl (C=O) groups excluding carboxylic acids is 4. The van der Waals surface area contributed by atoms with Crippen LogP contribution >= 0.6 is 12.6 Å². The fraction of sp³-hybridized carbons (Fsp3) is 0.600. The van der Waals surface area contributed by atoms with Crippen LogP contribution in [0.4, 0.5) is 4.79 Å². The molecule has 1 aromatic rings. The van der Waals surface area contributed by atoms with Gasteiger partial charge >= 0.3 is 12.1 Å². The fourth-order valence-electron chi connectivity index (χ4n) is 3.33. The zero-order valence-electron chi connectivity index (χ0n) is 21.9. The van der Waals surface area contributed by atoms with Gasteiger partial charge in [-0.3, -0.25) is 14.4 Å². The molecule has 2 unspecified atom stereocenters. The predicted octanol–water partition coefficient (Wildman–Crippen LogP) is 3.17. The molecule has 0 aliphatic rings. The molecule has 9 nitrogen and oxygen atoms in total. The zero-order chi connectivity index (χ0) is 27.0. The highest BCUT2D eigenvalue weighted by molar-refractivity contribution is 7.80. The largest absolute Gasteiger partial charge is 0.468 e. The van der Waals surface area contributed by atoms with Gasteiger partial charge < -0.3 is 25.0 Å². The van der Waals surface area contributed by atoms with Crippen molar-refractivity contribution in [1.82, 2.24) is 15.5 Å². The van der Waals surface area contributed by atoms with Gasteiger partial charge in [-0.05, 0) is 53.5 Å². The van der Waals surface area contributed by atoms with Gasteiger partial charge in [0.1, 0.15) is 24.2 Å². The highest BCUT2D eigenvalue weighted by atomic mass is 32.1. The Morgan fingerprint density at radius 2 is 1.74 bits per heavy atom. The zero-order valence-corrected chi connectivity index (χ0v) is 22.8. The smallest absolute Gasteiger partial charge is 0.408 e. The lowest BCUT2D eigenvalue weighted by atomic mass is 9.91. The average Bonchev–Trinajstić information content (AvgIpc) is 2.77. The number of rotatable bonds is 10. The Balaban J connectivity index is 3.52. The van der Waals surface area contributed by atoms with Crippen LogP contribution in [-0.4, -0.2) is 65.4 Å². The molecule has 0 bridgehead atoms. The summed E-state index contributed by atoms with van der Waals surface area (Å²) in [7, 11) is 1.22. The Hall–Kier alpha value is -2.75. The maximum atomic E-state index is 13.9. The Kier molecular flexibility index (Phi) is 11.1. The summed E-state index contributed by atoms with van der Waals surface area (Å²) in [6, 6.07) is 5.10. The summed E-state index contributed by atoms with van der Waals surface area (Å²) in [4.78, 5) is 52.9. The lowest BCUT2D eigenvalue weighted by Crippen LogP contribution is -2.60. The summed E-state index contributed by atoms with van der Waals surface area (Å²) in [6.45, 7) is 12.3. The number of aryl methyl sites for hydroxylation is 1. The molecule has 196 valence electrons. The molecule has 0 spiro atoms. The average molecular weight is 510 g/mol. The highest BCUT2D eigenvalue weighted by Gasteiger charge is 2.43. The number of esters is 1. The Morgan fingerprint density at radius 3 is 2.23 bits per heavy atom. The number of nitrogens with zero attached hydrogens (tertiary/aromatic N) is 1. The minimum atomic E-state index is -1.08. The molecule has 0 aliphatic carbocycles. The monoisotopic (exact) mass is 509 g/mol. The molecule has 0 radical (unpaired) electrons. The lowest BCUT2D eigenvalue weighted by Gasteiger charge is -2.44. The molecule has 0 fully saturated rings. The Bertz CT molecular complexity index is 913. The van der Waals surface area contributed by atoms with Crippen molar-refractivity contribution in [2.24, 2.45) is 0 Å². The number of methoxy groups -OCH3 is 1. The molecule has 2 atom stereocenters. The second-order valence-corrected chi connectivity index (χ2v) is 10.2. The number of alkyl carbamates (subject to hydrolysis) is 1. The van der Waals surface area contributed by atoms with Gasteiger partial charge in [-0.1, -0.05) is 36.8 Å². The molecular formula is C25H39N3O6S. The van der Waals surface area contributed by atoms with Crippen LogP contribution in [0.25, 0.3) is 0 Å². The van der Waals surface area contributed by atoms with Crippen LogP contribution in [0.2, 0.25) is 0 Å². The van der Waals surface area contributed by atoms with E-state index < -0.39 is 47.1 Å². The third-order valence-corrected chi connectivity index (χ3v) is 5.79. The maximum absolute atomic E-state index is 13.9. The molecule has 0 heterocycles. The fourth-order valence-corrected chi connectivity index (χ4v) is 3.58. The molecule has 1 aromatic carbocycles. The van der Waals surface area contributed by atoms with Gasteiger partial charge in [0.05, 0.1) is 7.11 Å². The molecule has 10 heteroatoms. The van der Waals surface area contributed by atoms with Gasteiger partial charge in [0.15, 0.2) is 0 Å². The van der Waals surface area contributed by atoms with E-state index in [1.807, 2.05) is 39.8 Å². The van der Waals surface area contributed by atoms with Crippen molar-refractivity contribution in [3.05, 3.63) is 35.4 Å². The number of hydrogen-bond acceptors (Lipinski definition) is 7. The number of ether oxygens (including phenoxy) is 2. The van der Waals surface area contributed by atoms with E-state index >= 15 is 0 Å². The summed E-state index contributed by atoms with van der Waals surface area (Å²) < 4.78 is 9.95. The van der Waals surface area contributed by atoms with Crippen molar-refractivity contribution in [3.8, 4) is 0 Å². The Labute approximate surface area is 213 Å². The van der Waals surface area contributed by atoms with Crippen molar-refractivity contribution >= 4 is 36.5 Å². The molecule has 0 saturated carbocycles. The van der Waals surface area contributed by atoms with E-state index in [0.717, 1.165) is 5.56 Å². The van der Waals surface area contributed by atoms with Gasteiger partial charge in [0.2, 0.25) is 11.8 Å². The molecule has 3 amide bonds. The van der Waals surface area contributed by atoms with Gasteiger partial charge in [-0.25, -0.2) is 4.79 Å². The minimum absolute atomic E-state index is 0.0152. The van der Waals surface area contributed by atoms with E-state index in [1.54, 1.807) is 32.9 Å². The van der Waals surface area contributed by atoms with Crippen LogP contribution < -0.4 is 10.6 Å².